The number of ether oxygens (including phenoxy) is 6. The van der Waals surface area contributed by atoms with Crippen LogP contribution in [0.1, 0.15) is 20.8 Å². The van der Waals surface area contributed by atoms with Gasteiger partial charge in [-0.05, 0) is 0 Å². The van der Waals surface area contributed by atoms with Crippen molar-refractivity contribution in [3.8, 4) is 0 Å². The van der Waals surface area contributed by atoms with Crippen molar-refractivity contribution in [2.24, 2.45) is 0 Å². The molecule has 0 amide bonds. The Kier molecular flexibility index (Phi) is 18.3. The van der Waals surface area contributed by atoms with Crippen LogP contribution in [0.15, 0.2) is 0 Å². The molecule has 0 bridgehead atoms. The van der Waals surface area contributed by atoms with Crippen molar-refractivity contribution in [3.63, 3.8) is 0 Å². The molecule has 0 rings (SSSR count). The molecule has 0 N–H and O–H groups in total. The maximum atomic E-state index is 5.81. The van der Waals surface area contributed by atoms with E-state index in [1.54, 1.807) is 42.1 Å². The minimum absolute atomic E-state index is 0.426. The van der Waals surface area contributed by atoms with E-state index in [2.05, 4.69) is 0 Å². The van der Waals surface area contributed by atoms with Crippen LogP contribution in [0.2, 0.25) is 0 Å². The zero-order valence-corrected chi connectivity index (χ0v) is 19.6. The van der Waals surface area contributed by atoms with E-state index in [1.807, 2.05) is 0 Å². The molecule has 0 aromatic heterocycles. The van der Waals surface area contributed by atoms with Gasteiger partial charge >= 0.3 is 161 Å². The van der Waals surface area contributed by atoms with E-state index in [0.717, 1.165) is 0 Å². The topological polar surface area (TPSA) is 83.1 Å². The zero-order chi connectivity index (χ0) is 18.9. The van der Waals surface area contributed by atoms with Crippen LogP contribution in [-0.2, 0) is 36.9 Å². The summed E-state index contributed by atoms with van der Waals surface area (Å²) >= 11 is -3.28. The molecule has 25 heavy (non-hydrogen) atoms. The molecule has 0 radical (unpaired) electrons. The summed E-state index contributed by atoms with van der Waals surface area (Å²) in [7, 11) is 4.84. The average Bonchev–Trinajstić information content (AvgIpc) is 2.55. The van der Waals surface area contributed by atoms with Gasteiger partial charge in [0.1, 0.15) is 0 Å². The molecule has 0 saturated heterocycles. The minimum atomic E-state index is -3.28. The molecule has 0 aromatic rings. The molecule has 3 atom stereocenters. The maximum absolute atomic E-state index is 5.81. The summed E-state index contributed by atoms with van der Waals surface area (Å²) in [5.74, 6) is 0. The van der Waals surface area contributed by atoms with Gasteiger partial charge in [0.05, 0.1) is 0 Å². The van der Waals surface area contributed by atoms with E-state index in [-0.39, 0.29) is 0 Å². The number of hydrogen-bond donors (Lipinski definition) is 0. The Labute approximate surface area is 160 Å². The monoisotopic (exact) mass is 566 g/mol. The molecule has 3 unspecified atom stereocenters. The van der Waals surface area contributed by atoms with Crippen LogP contribution in [0.4, 0.5) is 0 Å². The number of hydrogen-bond acceptors (Lipinski definition) is 9. The van der Waals surface area contributed by atoms with Gasteiger partial charge in [0.25, 0.3) is 0 Å². The van der Waals surface area contributed by atoms with E-state index in [9.17, 15) is 0 Å². The Morgan fingerprint density at radius 3 is 1.04 bits per heavy atom. The Bertz CT molecular complexity index is 243. The van der Waals surface area contributed by atoms with Crippen molar-refractivity contribution in [3.05, 3.63) is 0 Å². The van der Waals surface area contributed by atoms with Crippen LogP contribution in [0.25, 0.3) is 0 Å². The Morgan fingerprint density at radius 1 is 0.520 bits per heavy atom. The first-order valence-corrected chi connectivity index (χ1v) is 12.4. The normalized spacial score (nSPS) is 15.5. The van der Waals surface area contributed by atoms with Crippen LogP contribution in [0.5, 0.6) is 0 Å². The van der Waals surface area contributed by atoms with Crippen LogP contribution in [0.3, 0.4) is 0 Å². The summed E-state index contributed by atoms with van der Waals surface area (Å²) in [5, 5.41) is 0. The van der Waals surface area contributed by atoms with Gasteiger partial charge in [-0.1, -0.05) is 0 Å². The quantitative estimate of drug-likeness (QED) is 0.137. The average molecular weight is 566 g/mol. The first-order chi connectivity index (χ1) is 12.0. The predicted octanol–water partition coefficient (Wildman–Crippen LogP) is 1.05. The molecule has 0 fully saturated rings. The molecule has 0 aliphatic carbocycles. The van der Waals surface area contributed by atoms with Crippen LogP contribution in [0, 0.1) is 0 Å². The third-order valence-corrected chi connectivity index (χ3v) is 8.09. The number of rotatable bonds is 18. The molecule has 0 aliphatic heterocycles. The van der Waals surface area contributed by atoms with Gasteiger partial charge in [0, 0.05) is 0 Å². The van der Waals surface area contributed by atoms with Gasteiger partial charge in [0.2, 0.25) is 0 Å². The molecule has 9 nitrogen and oxygen atoms in total. The van der Waals surface area contributed by atoms with Gasteiger partial charge in [-0.3, -0.25) is 0 Å². The first-order valence-electron chi connectivity index (χ1n) is 8.15. The third-order valence-electron chi connectivity index (χ3n) is 2.62. The van der Waals surface area contributed by atoms with E-state index in [1.165, 1.54) is 0 Å². The summed E-state index contributed by atoms with van der Waals surface area (Å²) in [5.41, 5.74) is 0. The van der Waals surface area contributed by atoms with Gasteiger partial charge in [0.15, 0.2) is 0 Å². The molecule has 0 spiro atoms. The summed E-state index contributed by atoms with van der Waals surface area (Å²) in [6.45, 7) is 8.11. The fourth-order valence-corrected chi connectivity index (χ4v) is 5.54. The van der Waals surface area contributed by atoms with Crippen molar-refractivity contribution >= 4 is 23.1 Å². The van der Waals surface area contributed by atoms with Crippen molar-refractivity contribution in [1.82, 2.24) is 0 Å². The summed E-state index contributed by atoms with van der Waals surface area (Å²) in [6, 6.07) is 0. The standard InChI is InChI=1S/3C5H11O3.Bi/c3*1-5(6)8-4-3-7-2;/h3*5H,3-4H2,1-2H3;/q3*-1;+3. The van der Waals surface area contributed by atoms with Gasteiger partial charge in [-0.15, -0.1) is 0 Å². The van der Waals surface area contributed by atoms with Crippen LogP contribution < -0.4 is 0 Å². The molecule has 0 heterocycles. The molecular formula is C15H33BiO9. The molecule has 0 saturated carbocycles. The fourth-order valence-electron chi connectivity index (χ4n) is 1.42. The van der Waals surface area contributed by atoms with E-state index < -0.39 is 41.9 Å². The van der Waals surface area contributed by atoms with E-state index >= 15 is 0 Å². The van der Waals surface area contributed by atoms with Crippen molar-refractivity contribution in [2.75, 3.05) is 61.0 Å². The summed E-state index contributed by atoms with van der Waals surface area (Å²) < 4.78 is 48.8. The van der Waals surface area contributed by atoms with Crippen LogP contribution in [-0.4, -0.2) is 103 Å². The Balaban J connectivity index is 4.37. The summed E-state index contributed by atoms with van der Waals surface area (Å²) in [4.78, 5) is 0. The second kappa shape index (κ2) is 17.9. The molecule has 0 aliphatic rings. The van der Waals surface area contributed by atoms with Gasteiger partial charge < -0.3 is 0 Å². The first kappa shape index (κ1) is 25.5. The van der Waals surface area contributed by atoms with Crippen LogP contribution >= 0.6 is 0 Å². The van der Waals surface area contributed by atoms with Crippen molar-refractivity contribution in [1.29, 1.82) is 0 Å². The van der Waals surface area contributed by atoms with Gasteiger partial charge in [-0.25, -0.2) is 0 Å². The SMILES string of the molecule is COCCOC(C)[O][Bi]([O]C(C)OCCOC)[O]C(C)OCCOC. The van der Waals surface area contributed by atoms with Crippen molar-refractivity contribution < 1.29 is 36.9 Å². The summed E-state index contributed by atoms with van der Waals surface area (Å²) in [6.07, 6.45) is -1.40. The third kappa shape index (κ3) is 16.4. The zero-order valence-electron chi connectivity index (χ0n) is 16.1. The molecule has 10 heteroatoms. The fraction of sp³-hybridized carbons (Fsp3) is 1.00. The predicted molar refractivity (Wildman–Crippen MR) is 90.9 cm³/mol. The Morgan fingerprint density at radius 2 is 0.800 bits per heavy atom. The molecule has 152 valence electrons. The van der Waals surface area contributed by atoms with Gasteiger partial charge in [-0.2, -0.15) is 0 Å². The van der Waals surface area contributed by atoms with E-state index in [0.29, 0.717) is 39.6 Å². The second-order valence-electron chi connectivity index (χ2n) is 4.83. The van der Waals surface area contributed by atoms with Crippen molar-refractivity contribution in [2.45, 2.75) is 39.6 Å². The molecular weight excluding hydrogens is 533 g/mol. The number of methoxy groups -OCH3 is 3. The second-order valence-corrected chi connectivity index (χ2v) is 9.03. The van der Waals surface area contributed by atoms with E-state index in [4.69, 9.17) is 36.9 Å². The molecule has 0 aromatic carbocycles. The Hall–Kier alpha value is 0.523.